The molecule has 32 heavy (non-hydrogen) atoms. The molecule has 8 heteroatoms. The summed E-state index contributed by atoms with van der Waals surface area (Å²) >= 11 is 7.67. The van der Waals surface area contributed by atoms with E-state index in [9.17, 15) is 4.79 Å². The van der Waals surface area contributed by atoms with E-state index in [-0.39, 0.29) is 11.7 Å². The van der Waals surface area contributed by atoms with Crippen LogP contribution < -0.4 is 5.32 Å². The molecule has 2 aromatic heterocycles. The summed E-state index contributed by atoms with van der Waals surface area (Å²) in [5.41, 5.74) is 4.61. The third kappa shape index (κ3) is 5.18. The van der Waals surface area contributed by atoms with Gasteiger partial charge in [-0.15, -0.1) is 10.2 Å². The fraction of sp³-hybridized carbons (Fsp3) is 0.167. The molecule has 162 valence electrons. The van der Waals surface area contributed by atoms with Crippen molar-refractivity contribution in [1.82, 2.24) is 19.7 Å². The number of carbonyl (C=O) groups is 1. The summed E-state index contributed by atoms with van der Waals surface area (Å²) < 4.78 is 2.01. The number of pyridine rings is 1. The Hall–Kier alpha value is -3.16. The van der Waals surface area contributed by atoms with Crippen LogP contribution in [0.4, 0.5) is 5.69 Å². The zero-order valence-corrected chi connectivity index (χ0v) is 19.3. The van der Waals surface area contributed by atoms with Crippen LogP contribution in [0, 0.1) is 13.8 Å². The Morgan fingerprint density at radius 1 is 1.09 bits per heavy atom. The lowest BCUT2D eigenvalue weighted by molar-refractivity contribution is -0.113. The lowest BCUT2D eigenvalue weighted by Gasteiger charge is -2.12. The van der Waals surface area contributed by atoms with Crippen molar-refractivity contribution in [2.24, 2.45) is 0 Å². The molecule has 0 spiro atoms. The molecule has 0 bridgehead atoms. The summed E-state index contributed by atoms with van der Waals surface area (Å²) in [6.07, 6.45) is 3.48. The number of hydrogen-bond acceptors (Lipinski definition) is 5. The van der Waals surface area contributed by atoms with Crippen LogP contribution >= 0.6 is 23.4 Å². The summed E-state index contributed by atoms with van der Waals surface area (Å²) in [6, 6.07) is 17.7. The van der Waals surface area contributed by atoms with Gasteiger partial charge in [-0.25, -0.2) is 0 Å². The van der Waals surface area contributed by atoms with Crippen LogP contribution in [0.5, 0.6) is 0 Å². The largest absolute Gasteiger partial charge is 0.324 e. The molecule has 0 radical (unpaired) electrons. The fourth-order valence-electron chi connectivity index (χ4n) is 3.39. The minimum atomic E-state index is -0.152. The van der Waals surface area contributed by atoms with Crippen molar-refractivity contribution >= 4 is 35.0 Å². The number of aromatic nitrogens is 4. The SMILES string of the molecule is Cc1cc(C)c(NC(=O)CSc2nnc(-c3cccnc3)n2Cc2ccccc2)c(Cl)c1. The highest BCUT2D eigenvalue weighted by Crippen LogP contribution is 2.28. The number of thioether (sulfide) groups is 1. The minimum Gasteiger partial charge on any atom is -0.324 e. The number of amides is 1. The zero-order valence-electron chi connectivity index (χ0n) is 17.7. The molecule has 4 rings (SSSR count). The van der Waals surface area contributed by atoms with Crippen molar-refractivity contribution in [3.8, 4) is 11.4 Å². The maximum Gasteiger partial charge on any atom is 0.234 e. The monoisotopic (exact) mass is 463 g/mol. The van der Waals surface area contributed by atoms with Gasteiger partial charge in [-0.3, -0.25) is 14.3 Å². The summed E-state index contributed by atoms with van der Waals surface area (Å²) in [6.45, 7) is 4.49. The van der Waals surface area contributed by atoms with E-state index in [1.54, 1.807) is 12.4 Å². The highest BCUT2D eigenvalue weighted by atomic mass is 35.5. The quantitative estimate of drug-likeness (QED) is 0.372. The van der Waals surface area contributed by atoms with Gasteiger partial charge in [0.1, 0.15) is 0 Å². The van der Waals surface area contributed by atoms with Crippen LogP contribution in [-0.4, -0.2) is 31.4 Å². The standard InChI is InChI=1S/C24H22ClN5OS/c1-16-11-17(2)22(20(25)12-16)27-21(31)15-32-24-29-28-23(19-9-6-10-26-13-19)30(24)14-18-7-4-3-5-8-18/h3-13H,14-15H2,1-2H3,(H,27,31). The van der Waals surface area contributed by atoms with Gasteiger partial charge in [-0.2, -0.15) is 0 Å². The van der Waals surface area contributed by atoms with E-state index in [1.807, 2.05) is 60.9 Å². The molecule has 1 amide bonds. The first kappa shape index (κ1) is 22.0. The molecule has 2 heterocycles. The number of nitrogens with one attached hydrogen (secondary N) is 1. The fourth-order valence-corrected chi connectivity index (χ4v) is 4.50. The van der Waals surface area contributed by atoms with Crippen LogP contribution in [0.3, 0.4) is 0 Å². The Balaban J connectivity index is 1.54. The predicted octanol–water partition coefficient (Wildman–Crippen LogP) is 5.39. The zero-order chi connectivity index (χ0) is 22.5. The van der Waals surface area contributed by atoms with E-state index in [0.29, 0.717) is 28.2 Å². The van der Waals surface area contributed by atoms with Crippen LogP contribution in [0.1, 0.15) is 16.7 Å². The van der Waals surface area contributed by atoms with E-state index in [2.05, 4.69) is 32.6 Å². The van der Waals surface area contributed by atoms with Gasteiger partial charge >= 0.3 is 0 Å². The van der Waals surface area contributed by atoms with Crippen molar-refractivity contribution in [2.45, 2.75) is 25.5 Å². The van der Waals surface area contributed by atoms with Crippen molar-refractivity contribution in [3.05, 3.63) is 88.7 Å². The second-order valence-corrected chi connectivity index (χ2v) is 8.74. The molecule has 0 saturated heterocycles. The molecule has 0 fully saturated rings. The normalized spacial score (nSPS) is 10.8. The first-order chi connectivity index (χ1) is 15.5. The van der Waals surface area contributed by atoms with Gasteiger partial charge in [0, 0.05) is 18.0 Å². The van der Waals surface area contributed by atoms with Gasteiger partial charge in [0.15, 0.2) is 11.0 Å². The molecular formula is C24H22ClN5OS. The van der Waals surface area contributed by atoms with Crippen LogP contribution in [0.2, 0.25) is 5.02 Å². The third-order valence-corrected chi connectivity index (χ3v) is 6.11. The summed E-state index contributed by atoms with van der Waals surface area (Å²) in [5, 5.41) is 12.9. The van der Waals surface area contributed by atoms with Crippen molar-refractivity contribution in [1.29, 1.82) is 0 Å². The Labute approximate surface area is 196 Å². The molecule has 4 aromatic rings. The van der Waals surface area contributed by atoms with Crippen molar-refractivity contribution in [3.63, 3.8) is 0 Å². The highest BCUT2D eigenvalue weighted by molar-refractivity contribution is 7.99. The average molecular weight is 464 g/mol. The van der Waals surface area contributed by atoms with Crippen LogP contribution in [-0.2, 0) is 11.3 Å². The third-order valence-electron chi connectivity index (χ3n) is 4.85. The molecule has 0 unspecified atom stereocenters. The Morgan fingerprint density at radius 3 is 2.62 bits per heavy atom. The van der Waals surface area contributed by atoms with E-state index in [4.69, 9.17) is 11.6 Å². The number of aryl methyl sites for hydroxylation is 2. The number of halogens is 1. The van der Waals surface area contributed by atoms with E-state index in [0.717, 1.165) is 22.3 Å². The second-order valence-electron chi connectivity index (χ2n) is 7.40. The molecule has 0 aliphatic heterocycles. The van der Waals surface area contributed by atoms with Crippen LogP contribution in [0.25, 0.3) is 11.4 Å². The summed E-state index contributed by atoms with van der Waals surface area (Å²) in [7, 11) is 0. The first-order valence-corrected chi connectivity index (χ1v) is 11.4. The number of rotatable bonds is 7. The molecule has 2 aromatic carbocycles. The Bertz CT molecular complexity index is 1200. The highest BCUT2D eigenvalue weighted by Gasteiger charge is 2.17. The number of benzene rings is 2. The number of carbonyl (C=O) groups excluding carboxylic acids is 1. The average Bonchev–Trinajstić information content (AvgIpc) is 3.18. The Kier molecular flexibility index (Phi) is 6.87. The minimum absolute atomic E-state index is 0.152. The molecule has 0 aliphatic carbocycles. The number of anilines is 1. The van der Waals surface area contributed by atoms with E-state index >= 15 is 0 Å². The molecule has 1 N–H and O–H groups in total. The first-order valence-electron chi connectivity index (χ1n) is 10.1. The van der Waals surface area contributed by atoms with Crippen LogP contribution in [0.15, 0.2) is 72.1 Å². The maximum absolute atomic E-state index is 12.7. The van der Waals surface area contributed by atoms with Crippen molar-refractivity contribution in [2.75, 3.05) is 11.1 Å². The van der Waals surface area contributed by atoms with Crippen molar-refractivity contribution < 1.29 is 4.79 Å². The van der Waals surface area contributed by atoms with Gasteiger partial charge in [0.25, 0.3) is 0 Å². The van der Waals surface area contributed by atoms with Gasteiger partial charge in [-0.1, -0.05) is 59.8 Å². The summed E-state index contributed by atoms with van der Waals surface area (Å²) in [5.74, 6) is 0.743. The van der Waals surface area contributed by atoms with E-state index < -0.39 is 0 Å². The Morgan fingerprint density at radius 2 is 1.91 bits per heavy atom. The topological polar surface area (TPSA) is 72.7 Å². The molecule has 0 aliphatic rings. The van der Waals surface area contributed by atoms with E-state index in [1.165, 1.54) is 11.8 Å². The predicted molar refractivity (Wildman–Crippen MR) is 129 cm³/mol. The van der Waals surface area contributed by atoms with Gasteiger partial charge in [0.05, 0.1) is 23.0 Å². The molecular weight excluding hydrogens is 442 g/mol. The molecule has 0 atom stereocenters. The lowest BCUT2D eigenvalue weighted by atomic mass is 10.1. The van der Waals surface area contributed by atoms with Gasteiger partial charge in [-0.05, 0) is 48.7 Å². The lowest BCUT2D eigenvalue weighted by Crippen LogP contribution is -2.16. The molecule has 0 saturated carbocycles. The molecule has 6 nitrogen and oxygen atoms in total. The van der Waals surface area contributed by atoms with Gasteiger partial charge in [0.2, 0.25) is 5.91 Å². The maximum atomic E-state index is 12.7. The van der Waals surface area contributed by atoms with Gasteiger partial charge < -0.3 is 5.32 Å². The smallest absolute Gasteiger partial charge is 0.234 e. The summed E-state index contributed by atoms with van der Waals surface area (Å²) in [4.78, 5) is 16.9. The second kappa shape index (κ2) is 9.97. The number of nitrogens with zero attached hydrogens (tertiary/aromatic N) is 4. The number of hydrogen-bond donors (Lipinski definition) is 1.